The molecule has 0 aliphatic rings. The lowest BCUT2D eigenvalue weighted by atomic mass is 10.1. The van der Waals surface area contributed by atoms with Crippen molar-refractivity contribution in [3.8, 4) is 23.7 Å². The van der Waals surface area contributed by atoms with Crippen molar-refractivity contribution >= 4 is 34.7 Å². The van der Waals surface area contributed by atoms with Crippen LogP contribution in [0.3, 0.4) is 0 Å². The molecule has 9 nitrogen and oxygen atoms in total. The molecule has 0 saturated heterocycles. The Morgan fingerprint density at radius 2 is 1.59 bits per heavy atom. The van der Waals surface area contributed by atoms with E-state index in [0.29, 0.717) is 23.4 Å². The van der Waals surface area contributed by atoms with Gasteiger partial charge in [0.2, 0.25) is 5.91 Å². The molecule has 0 aliphatic heterocycles. The standard InChI is InChI=1S/C27H25N5O4S/c28-16-24(27(35)32-36)31-26(34)21-11-7-19(8-12-21)4-1-2-5-20-9-13-22(14-10-20)30-25(33)18-29-17-23-6-3-15-37-23/h3,6-15,24,29,36H,16-18,28H2,(H,30,33)(H,31,34)(H,32,35)/t24-/m0/s1. The molecular weight excluding hydrogens is 490 g/mol. The van der Waals surface area contributed by atoms with Crippen molar-refractivity contribution in [3.63, 3.8) is 0 Å². The number of anilines is 1. The number of hydrogen-bond acceptors (Lipinski definition) is 7. The highest BCUT2D eigenvalue weighted by molar-refractivity contribution is 7.09. The van der Waals surface area contributed by atoms with Gasteiger partial charge in [0, 0.05) is 40.3 Å². The van der Waals surface area contributed by atoms with Crippen LogP contribution in [0.1, 0.15) is 26.4 Å². The summed E-state index contributed by atoms with van der Waals surface area (Å²) < 4.78 is 0. The number of hydroxylamine groups is 1. The first-order chi connectivity index (χ1) is 18.0. The van der Waals surface area contributed by atoms with Gasteiger partial charge in [0.1, 0.15) is 6.04 Å². The van der Waals surface area contributed by atoms with Gasteiger partial charge >= 0.3 is 0 Å². The van der Waals surface area contributed by atoms with Gasteiger partial charge in [0.15, 0.2) is 0 Å². The van der Waals surface area contributed by atoms with Crippen LogP contribution in [-0.2, 0) is 16.1 Å². The Labute approximate surface area is 218 Å². The number of benzene rings is 2. The number of carbonyl (C=O) groups is 3. The summed E-state index contributed by atoms with van der Waals surface area (Å²) in [6, 6.07) is 16.5. The lowest BCUT2D eigenvalue weighted by molar-refractivity contribution is -0.130. The summed E-state index contributed by atoms with van der Waals surface area (Å²) in [7, 11) is 0. The van der Waals surface area contributed by atoms with Gasteiger partial charge in [-0.1, -0.05) is 17.9 Å². The Kier molecular flexibility index (Phi) is 10.4. The highest BCUT2D eigenvalue weighted by atomic mass is 32.1. The molecule has 0 aliphatic carbocycles. The first-order valence-corrected chi connectivity index (χ1v) is 12.1. The summed E-state index contributed by atoms with van der Waals surface area (Å²) in [6.45, 7) is 0.710. The molecule has 37 heavy (non-hydrogen) atoms. The molecule has 3 rings (SSSR count). The van der Waals surface area contributed by atoms with Gasteiger partial charge in [-0.05, 0) is 71.8 Å². The number of nitrogens with two attached hydrogens (primary N) is 1. The number of hydrogen-bond donors (Lipinski definition) is 6. The Morgan fingerprint density at radius 1 is 0.946 bits per heavy atom. The molecular formula is C27H25N5O4S. The number of rotatable bonds is 9. The number of amides is 3. The minimum atomic E-state index is -1.05. The molecule has 0 fully saturated rings. The zero-order chi connectivity index (χ0) is 26.5. The number of nitrogens with one attached hydrogen (secondary N) is 4. The summed E-state index contributed by atoms with van der Waals surface area (Å²) >= 11 is 1.64. The molecule has 1 heterocycles. The Balaban J connectivity index is 1.47. The summed E-state index contributed by atoms with van der Waals surface area (Å²) in [6.07, 6.45) is 0. The lowest BCUT2D eigenvalue weighted by Gasteiger charge is -2.14. The highest BCUT2D eigenvalue weighted by Gasteiger charge is 2.19. The molecule has 188 valence electrons. The van der Waals surface area contributed by atoms with E-state index >= 15 is 0 Å². The van der Waals surface area contributed by atoms with Crippen molar-refractivity contribution in [1.29, 1.82) is 0 Å². The molecule has 3 amide bonds. The van der Waals surface area contributed by atoms with Gasteiger partial charge in [0.05, 0.1) is 6.54 Å². The van der Waals surface area contributed by atoms with Gasteiger partial charge in [0.25, 0.3) is 11.8 Å². The molecule has 2 aromatic carbocycles. The van der Waals surface area contributed by atoms with Crippen LogP contribution in [0.4, 0.5) is 5.69 Å². The average Bonchev–Trinajstić information content (AvgIpc) is 3.44. The van der Waals surface area contributed by atoms with E-state index in [1.54, 1.807) is 59.9 Å². The number of carbonyl (C=O) groups excluding carboxylic acids is 3. The second kappa shape index (κ2) is 14.2. The van der Waals surface area contributed by atoms with Gasteiger partial charge in [-0.2, -0.15) is 0 Å². The van der Waals surface area contributed by atoms with Crippen LogP contribution in [0, 0.1) is 23.7 Å². The Hall–Kier alpha value is -4.45. The van der Waals surface area contributed by atoms with Crippen molar-refractivity contribution in [2.24, 2.45) is 5.73 Å². The van der Waals surface area contributed by atoms with Gasteiger partial charge in [-0.15, -0.1) is 11.3 Å². The second-order valence-electron chi connectivity index (χ2n) is 7.62. The lowest BCUT2D eigenvalue weighted by Crippen LogP contribution is -2.50. The van der Waals surface area contributed by atoms with E-state index in [1.807, 2.05) is 17.5 Å². The molecule has 10 heteroatoms. The van der Waals surface area contributed by atoms with Crippen molar-refractivity contribution < 1.29 is 19.6 Å². The third-order valence-electron chi connectivity index (χ3n) is 4.92. The smallest absolute Gasteiger partial charge is 0.267 e. The summed E-state index contributed by atoms with van der Waals surface area (Å²) in [5, 5.41) is 19.0. The predicted octanol–water partition coefficient (Wildman–Crippen LogP) is 1.44. The van der Waals surface area contributed by atoms with Gasteiger partial charge in [-0.3, -0.25) is 19.6 Å². The van der Waals surface area contributed by atoms with Crippen LogP contribution in [-0.4, -0.2) is 42.1 Å². The first-order valence-electron chi connectivity index (χ1n) is 11.2. The minimum absolute atomic E-state index is 0.125. The van der Waals surface area contributed by atoms with Crippen LogP contribution in [0.2, 0.25) is 0 Å². The SMILES string of the molecule is NC[C@H](NC(=O)c1ccc(C#CC#Cc2ccc(NC(=O)CNCc3cccs3)cc2)cc1)C(=O)NO. The molecule has 0 unspecified atom stereocenters. The average molecular weight is 516 g/mol. The maximum Gasteiger partial charge on any atom is 0.267 e. The van der Waals surface area contributed by atoms with Gasteiger partial charge < -0.3 is 21.7 Å². The van der Waals surface area contributed by atoms with Crippen LogP contribution in [0.5, 0.6) is 0 Å². The third-order valence-corrected chi connectivity index (χ3v) is 5.80. The van der Waals surface area contributed by atoms with Gasteiger partial charge in [-0.25, -0.2) is 5.48 Å². The minimum Gasteiger partial charge on any atom is -0.339 e. The molecule has 1 aromatic heterocycles. The molecule has 0 bridgehead atoms. The van der Waals surface area contributed by atoms with E-state index in [1.165, 1.54) is 10.4 Å². The molecule has 0 radical (unpaired) electrons. The summed E-state index contributed by atoms with van der Waals surface area (Å²) in [4.78, 5) is 36.9. The van der Waals surface area contributed by atoms with E-state index in [9.17, 15) is 14.4 Å². The molecule has 0 spiro atoms. The Morgan fingerprint density at radius 3 is 2.16 bits per heavy atom. The Bertz CT molecular complexity index is 1330. The largest absolute Gasteiger partial charge is 0.339 e. The second-order valence-corrected chi connectivity index (χ2v) is 8.66. The van der Waals surface area contributed by atoms with E-state index in [2.05, 4.69) is 39.6 Å². The van der Waals surface area contributed by atoms with Crippen LogP contribution >= 0.6 is 11.3 Å². The van der Waals surface area contributed by atoms with Crippen molar-refractivity contribution in [3.05, 3.63) is 87.6 Å². The molecule has 7 N–H and O–H groups in total. The fourth-order valence-electron chi connectivity index (χ4n) is 3.02. The fraction of sp³-hybridized carbons (Fsp3) is 0.148. The van der Waals surface area contributed by atoms with Crippen molar-refractivity contribution in [2.75, 3.05) is 18.4 Å². The zero-order valence-corrected chi connectivity index (χ0v) is 20.5. The maximum absolute atomic E-state index is 12.2. The van der Waals surface area contributed by atoms with E-state index in [4.69, 9.17) is 10.9 Å². The molecule has 1 atom stereocenters. The third kappa shape index (κ3) is 8.93. The van der Waals surface area contributed by atoms with E-state index in [0.717, 1.165) is 5.56 Å². The molecule has 3 aromatic rings. The summed E-state index contributed by atoms with van der Waals surface area (Å²) in [5.41, 5.74) is 9.28. The normalized spacial score (nSPS) is 10.6. The topological polar surface area (TPSA) is 146 Å². The van der Waals surface area contributed by atoms with Crippen molar-refractivity contribution in [2.45, 2.75) is 12.6 Å². The first kappa shape index (κ1) is 27.1. The quantitative estimate of drug-likeness (QED) is 0.145. The predicted molar refractivity (Wildman–Crippen MR) is 142 cm³/mol. The maximum atomic E-state index is 12.2. The van der Waals surface area contributed by atoms with Crippen LogP contribution in [0.15, 0.2) is 66.0 Å². The van der Waals surface area contributed by atoms with Crippen molar-refractivity contribution in [1.82, 2.24) is 16.1 Å². The zero-order valence-electron chi connectivity index (χ0n) is 19.7. The molecule has 0 saturated carbocycles. The highest BCUT2D eigenvalue weighted by Crippen LogP contribution is 2.09. The fourth-order valence-corrected chi connectivity index (χ4v) is 3.69. The van der Waals surface area contributed by atoms with Crippen LogP contribution in [0.25, 0.3) is 0 Å². The summed E-state index contributed by atoms with van der Waals surface area (Å²) in [5.74, 6) is 9.93. The van der Waals surface area contributed by atoms with E-state index in [-0.39, 0.29) is 19.0 Å². The number of thiophene rings is 1. The van der Waals surface area contributed by atoms with Crippen LogP contribution < -0.4 is 27.2 Å². The monoisotopic (exact) mass is 515 g/mol. The van der Waals surface area contributed by atoms with E-state index < -0.39 is 17.9 Å².